The first kappa shape index (κ1) is 15.8. The van der Waals surface area contributed by atoms with Gasteiger partial charge >= 0.3 is 5.97 Å². The van der Waals surface area contributed by atoms with Gasteiger partial charge in [0.05, 0.1) is 5.56 Å². The van der Waals surface area contributed by atoms with E-state index in [4.69, 9.17) is 9.15 Å². The van der Waals surface area contributed by atoms with Gasteiger partial charge in [0, 0.05) is 23.6 Å². The quantitative estimate of drug-likeness (QED) is 0.513. The molecule has 0 fully saturated rings. The standard InChI is InChI=1S/C20H15N3O3/c24-20(16-9-6-10-17(13-16)23-11-4-5-12-23)25-14-18-21-22-19(26-18)15-7-2-1-3-8-15/h1-13H,14H2. The Balaban J connectivity index is 1.43. The van der Waals surface area contributed by atoms with E-state index in [1.807, 2.05) is 71.6 Å². The zero-order valence-electron chi connectivity index (χ0n) is 13.8. The summed E-state index contributed by atoms with van der Waals surface area (Å²) in [7, 11) is 0. The van der Waals surface area contributed by atoms with Gasteiger partial charge in [-0.05, 0) is 42.5 Å². The number of hydrogen-bond acceptors (Lipinski definition) is 5. The monoisotopic (exact) mass is 345 g/mol. The van der Waals surface area contributed by atoms with Gasteiger partial charge < -0.3 is 13.7 Å². The minimum atomic E-state index is -0.446. The molecule has 0 aliphatic rings. The van der Waals surface area contributed by atoms with Gasteiger partial charge in [0.25, 0.3) is 5.89 Å². The number of carbonyl (C=O) groups is 1. The molecule has 128 valence electrons. The van der Waals surface area contributed by atoms with Crippen molar-refractivity contribution in [1.29, 1.82) is 0 Å². The Bertz CT molecular complexity index is 1010. The zero-order valence-corrected chi connectivity index (χ0v) is 13.8. The van der Waals surface area contributed by atoms with Crippen molar-refractivity contribution in [3.05, 3.63) is 90.6 Å². The van der Waals surface area contributed by atoms with E-state index in [1.54, 1.807) is 12.1 Å². The molecule has 0 radical (unpaired) electrons. The highest BCUT2D eigenvalue weighted by atomic mass is 16.5. The average molecular weight is 345 g/mol. The molecule has 0 N–H and O–H groups in total. The summed E-state index contributed by atoms with van der Waals surface area (Å²) in [5, 5.41) is 7.89. The maximum atomic E-state index is 12.3. The Kier molecular flexibility index (Phi) is 4.30. The number of carbonyl (C=O) groups excluding carboxylic acids is 1. The molecule has 2 aromatic heterocycles. The molecular weight excluding hydrogens is 330 g/mol. The van der Waals surface area contributed by atoms with Crippen LogP contribution < -0.4 is 0 Å². The first-order valence-corrected chi connectivity index (χ1v) is 8.08. The van der Waals surface area contributed by atoms with Crippen LogP contribution in [0.25, 0.3) is 17.1 Å². The van der Waals surface area contributed by atoms with Gasteiger partial charge in [-0.15, -0.1) is 10.2 Å². The third kappa shape index (κ3) is 3.39. The number of ether oxygens (including phenoxy) is 1. The van der Waals surface area contributed by atoms with Gasteiger partial charge in [-0.2, -0.15) is 0 Å². The molecule has 0 saturated carbocycles. The van der Waals surface area contributed by atoms with Crippen molar-refractivity contribution in [1.82, 2.24) is 14.8 Å². The van der Waals surface area contributed by atoms with Crippen LogP contribution in [0.5, 0.6) is 0 Å². The van der Waals surface area contributed by atoms with Crippen LogP contribution in [0.2, 0.25) is 0 Å². The van der Waals surface area contributed by atoms with Crippen molar-refractivity contribution in [2.75, 3.05) is 0 Å². The maximum Gasteiger partial charge on any atom is 0.338 e. The number of esters is 1. The van der Waals surface area contributed by atoms with Gasteiger partial charge in [0.15, 0.2) is 6.61 Å². The van der Waals surface area contributed by atoms with Crippen LogP contribution in [0.3, 0.4) is 0 Å². The second-order valence-electron chi connectivity index (χ2n) is 5.58. The van der Waals surface area contributed by atoms with E-state index in [0.717, 1.165) is 11.3 Å². The molecule has 2 aromatic carbocycles. The summed E-state index contributed by atoms with van der Waals surface area (Å²) in [6, 6.07) is 20.5. The van der Waals surface area contributed by atoms with E-state index in [-0.39, 0.29) is 12.5 Å². The lowest BCUT2D eigenvalue weighted by Gasteiger charge is -2.06. The molecule has 0 amide bonds. The van der Waals surface area contributed by atoms with E-state index in [0.29, 0.717) is 11.5 Å². The summed E-state index contributed by atoms with van der Waals surface area (Å²) < 4.78 is 12.7. The summed E-state index contributed by atoms with van der Waals surface area (Å²) in [5.41, 5.74) is 2.16. The van der Waals surface area contributed by atoms with Gasteiger partial charge in [0.1, 0.15) is 0 Å². The van der Waals surface area contributed by atoms with Crippen LogP contribution in [0.15, 0.2) is 83.5 Å². The maximum absolute atomic E-state index is 12.3. The highest BCUT2D eigenvalue weighted by Crippen LogP contribution is 2.18. The molecule has 0 aliphatic heterocycles. The van der Waals surface area contributed by atoms with Gasteiger partial charge in [0.2, 0.25) is 5.89 Å². The van der Waals surface area contributed by atoms with Crippen molar-refractivity contribution < 1.29 is 13.9 Å². The Labute approximate surface area is 149 Å². The third-order valence-corrected chi connectivity index (χ3v) is 3.80. The second kappa shape index (κ2) is 7.06. The van der Waals surface area contributed by atoms with Gasteiger partial charge in [-0.25, -0.2) is 4.79 Å². The molecule has 4 aromatic rings. The summed E-state index contributed by atoms with van der Waals surface area (Å²) in [4.78, 5) is 12.3. The third-order valence-electron chi connectivity index (χ3n) is 3.80. The fraction of sp³-hybridized carbons (Fsp3) is 0.0500. The molecule has 0 unspecified atom stereocenters. The summed E-state index contributed by atoms with van der Waals surface area (Å²) in [6.07, 6.45) is 3.82. The van der Waals surface area contributed by atoms with Crippen molar-refractivity contribution >= 4 is 5.97 Å². The molecule has 0 atom stereocenters. The van der Waals surface area contributed by atoms with E-state index in [2.05, 4.69) is 10.2 Å². The number of hydrogen-bond donors (Lipinski definition) is 0. The van der Waals surface area contributed by atoms with E-state index in [9.17, 15) is 4.79 Å². The molecule has 2 heterocycles. The molecule has 6 heteroatoms. The second-order valence-corrected chi connectivity index (χ2v) is 5.58. The molecule has 26 heavy (non-hydrogen) atoms. The van der Waals surface area contributed by atoms with Crippen LogP contribution in [0.1, 0.15) is 16.2 Å². The lowest BCUT2D eigenvalue weighted by Crippen LogP contribution is -2.06. The lowest BCUT2D eigenvalue weighted by molar-refractivity contribution is 0.0438. The van der Waals surface area contributed by atoms with Crippen LogP contribution in [0.4, 0.5) is 0 Å². The largest absolute Gasteiger partial charge is 0.452 e. The predicted octanol–water partition coefficient (Wildman–Crippen LogP) is 3.88. The van der Waals surface area contributed by atoms with Crippen LogP contribution >= 0.6 is 0 Å². The fourth-order valence-corrected chi connectivity index (χ4v) is 2.52. The number of rotatable bonds is 5. The van der Waals surface area contributed by atoms with Gasteiger partial charge in [-0.3, -0.25) is 0 Å². The van der Waals surface area contributed by atoms with Crippen molar-refractivity contribution in [3.63, 3.8) is 0 Å². The average Bonchev–Trinajstić information content (AvgIpc) is 3.39. The summed E-state index contributed by atoms with van der Waals surface area (Å²) in [6.45, 7) is -0.0770. The Morgan fingerprint density at radius 2 is 1.77 bits per heavy atom. The van der Waals surface area contributed by atoms with E-state index in [1.165, 1.54) is 0 Å². The number of aromatic nitrogens is 3. The van der Waals surface area contributed by atoms with E-state index >= 15 is 0 Å². The van der Waals surface area contributed by atoms with Crippen molar-refractivity contribution in [3.8, 4) is 17.1 Å². The summed E-state index contributed by atoms with van der Waals surface area (Å²) in [5.74, 6) is 0.198. The van der Waals surface area contributed by atoms with Crippen molar-refractivity contribution in [2.45, 2.75) is 6.61 Å². The number of benzene rings is 2. The molecule has 0 spiro atoms. The minimum absolute atomic E-state index is 0.0770. The van der Waals surface area contributed by atoms with Crippen LogP contribution in [0, 0.1) is 0 Å². The lowest BCUT2D eigenvalue weighted by atomic mass is 10.2. The SMILES string of the molecule is O=C(OCc1nnc(-c2ccccc2)o1)c1cccc(-n2cccc2)c1. The zero-order chi connectivity index (χ0) is 17.8. The van der Waals surface area contributed by atoms with Crippen molar-refractivity contribution in [2.24, 2.45) is 0 Å². The molecule has 0 aliphatic carbocycles. The van der Waals surface area contributed by atoms with Gasteiger partial charge in [-0.1, -0.05) is 24.3 Å². The molecule has 0 saturated heterocycles. The van der Waals surface area contributed by atoms with E-state index < -0.39 is 5.97 Å². The first-order chi connectivity index (χ1) is 12.8. The first-order valence-electron chi connectivity index (χ1n) is 8.08. The van der Waals surface area contributed by atoms with Crippen LogP contribution in [-0.4, -0.2) is 20.7 Å². The fourth-order valence-electron chi connectivity index (χ4n) is 2.52. The normalized spacial score (nSPS) is 10.6. The highest BCUT2D eigenvalue weighted by Gasteiger charge is 2.13. The molecular formula is C20H15N3O3. The Morgan fingerprint density at radius 1 is 0.962 bits per heavy atom. The smallest absolute Gasteiger partial charge is 0.338 e. The Hall–Kier alpha value is -3.67. The topological polar surface area (TPSA) is 70.2 Å². The highest BCUT2D eigenvalue weighted by molar-refractivity contribution is 5.90. The predicted molar refractivity (Wildman–Crippen MR) is 94.6 cm³/mol. The minimum Gasteiger partial charge on any atom is -0.452 e. The number of nitrogens with zero attached hydrogens (tertiary/aromatic N) is 3. The molecule has 0 bridgehead atoms. The van der Waals surface area contributed by atoms with Crippen LogP contribution in [-0.2, 0) is 11.3 Å². The Morgan fingerprint density at radius 3 is 2.58 bits per heavy atom. The summed E-state index contributed by atoms with van der Waals surface area (Å²) >= 11 is 0. The molecule has 6 nitrogen and oxygen atoms in total. The molecule has 4 rings (SSSR count).